The summed E-state index contributed by atoms with van der Waals surface area (Å²) in [5.74, 6) is 0.844. The third-order valence-electron chi connectivity index (χ3n) is 2.72. The zero-order valence-electron chi connectivity index (χ0n) is 10.2. The highest BCUT2D eigenvalue weighted by Crippen LogP contribution is 2.24. The minimum absolute atomic E-state index is 0.245. The van der Waals surface area contributed by atoms with Gasteiger partial charge in [-0.3, -0.25) is 0 Å². The highest BCUT2D eigenvalue weighted by molar-refractivity contribution is 5.35. The average Bonchev–Trinajstić information content (AvgIpc) is 2.35. The second kappa shape index (κ2) is 6.51. The lowest BCUT2D eigenvalue weighted by molar-refractivity contribution is 0.103. The van der Waals surface area contributed by atoms with Gasteiger partial charge in [0.25, 0.3) is 0 Å². The van der Waals surface area contributed by atoms with E-state index in [-0.39, 0.29) is 6.04 Å². The minimum atomic E-state index is -0.391. The fourth-order valence-electron chi connectivity index (χ4n) is 1.43. The lowest BCUT2D eigenvalue weighted by Crippen LogP contribution is -2.18. The molecule has 0 fully saturated rings. The number of ether oxygens (including phenoxy) is 1. The number of rotatable bonds is 6. The van der Waals surface area contributed by atoms with Crippen molar-refractivity contribution in [3.63, 3.8) is 0 Å². The van der Waals surface area contributed by atoms with Crippen molar-refractivity contribution >= 4 is 0 Å². The maximum Gasteiger partial charge on any atom is 0.124 e. The summed E-state index contributed by atoms with van der Waals surface area (Å²) >= 11 is 0. The quantitative estimate of drug-likeness (QED) is 0.776. The van der Waals surface area contributed by atoms with Gasteiger partial charge in [-0.05, 0) is 26.5 Å². The number of hydrogen-bond donors (Lipinski definition) is 2. The van der Waals surface area contributed by atoms with E-state index in [9.17, 15) is 5.11 Å². The maximum absolute atomic E-state index is 9.47. The zero-order valence-corrected chi connectivity index (χ0v) is 10.2. The van der Waals surface area contributed by atoms with Gasteiger partial charge in [-0.15, -0.1) is 0 Å². The number of aliphatic hydroxyl groups excluding tert-OH is 1. The SMILES string of the molecule is CCC(O)COc1ccccc1C(C)NC. The smallest absolute Gasteiger partial charge is 0.124 e. The molecule has 2 unspecified atom stereocenters. The molecular formula is C13H21NO2. The maximum atomic E-state index is 9.47. The first-order valence-corrected chi connectivity index (χ1v) is 5.76. The molecule has 0 saturated heterocycles. The van der Waals surface area contributed by atoms with Crippen LogP contribution in [0.25, 0.3) is 0 Å². The van der Waals surface area contributed by atoms with Gasteiger partial charge < -0.3 is 15.2 Å². The van der Waals surface area contributed by atoms with Crippen LogP contribution in [-0.4, -0.2) is 24.9 Å². The molecule has 0 bridgehead atoms. The molecule has 0 radical (unpaired) electrons. The molecule has 0 aliphatic rings. The number of hydrogen-bond acceptors (Lipinski definition) is 3. The largest absolute Gasteiger partial charge is 0.491 e. The van der Waals surface area contributed by atoms with Crippen LogP contribution in [-0.2, 0) is 0 Å². The molecule has 0 aromatic heterocycles. The van der Waals surface area contributed by atoms with Crippen LogP contribution in [0.1, 0.15) is 31.9 Å². The molecular weight excluding hydrogens is 202 g/mol. The van der Waals surface area contributed by atoms with E-state index >= 15 is 0 Å². The monoisotopic (exact) mass is 223 g/mol. The van der Waals surface area contributed by atoms with Crippen LogP contribution in [0.15, 0.2) is 24.3 Å². The fourth-order valence-corrected chi connectivity index (χ4v) is 1.43. The second-order valence-electron chi connectivity index (χ2n) is 3.92. The van der Waals surface area contributed by atoms with Crippen molar-refractivity contribution < 1.29 is 9.84 Å². The van der Waals surface area contributed by atoms with Crippen LogP contribution in [0.5, 0.6) is 5.75 Å². The molecule has 1 aromatic rings. The van der Waals surface area contributed by atoms with Crippen molar-refractivity contribution in [1.82, 2.24) is 5.32 Å². The normalized spacial score (nSPS) is 14.5. The van der Waals surface area contributed by atoms with E-state index in [2.05, 4.69) is 12.2 Å². The van der Waals surface area contributed by atoms with E-state index in [4.69, 9.17) is 4.74 Å². The van der Waals surface area contributed by atoms with Gasteiger partial charge in [0, 0.05) is 11.6 Å². The van der Waals surface area contributed by atoms with Crippen molar-refractivity contribution in [2.45, 2.75) is 32.4 Å². The van der Waals surface area contributed by atoms with Crippen molar-refractivity contribution in [3.05, 3.63) is 29.8 Å². The Morgan fingerprint density at radius 3 is 2.69 bits per heavy atom. The first kappa shape index (κ1) is 13.0. The van der Waals surface area contributed by atoms with Gasteiger partial charge in [-0.1, -0.05) is 25.1 Å². The third kappa shape index (κ3) is 3.51. The predicted octanol–water partition coefficient (Wildman–Crippen LogP) is 2.12. The Morgan fingerprint density at radius 2 is 2.06 bits per heavy atom. The van der Waals surface area contributed by atoms with Crippen LogP contribution in [0.4, 0.5) is 0 Å². The van der Waals surface area contributed by atoms with Gasteiger partial charge in [-0.25, -0.2) is 0 Å². The molecule has 1 aromatic carbocycles. The molecule has 16 heavy (non-hydrogen) atoms. The summed E-state index contributed by atoms with van der Waals surface area (Å²) in [6, 6.07) is 8.15. The van der Waals surface area contributed by atoms with Gasteiger partial charge in [0.05, 0.1) is 6.10 Å². The van der Waals surface area contributed by atoms with Gasteiger partial charge in [0.2, 0.25) is 0 Å². The Balaban J connectivity index is 2.71. The average molecular weight is 223 g/mol. The Hall–Kier alpha value is -1.06. The predicted molar refractivity (Wildman–Crippen MR) is 65.7 cm³/mol. The molecule has 3 heteroatoms. The van der Waals surface area contributed by atoms with Gasteiger partial charge in [0.15, 0.2) is 0 Å². The van der Waals surface area contributed by atoms with Crippen LogP contribution in [0.3, 0.4) is 0 Å². The topological polar surface area (TPSA) is 41.5 Å². The fraction of sp³-hybridized carbons (Fsp3) is 0.538. The summed E-state index contributed by atoms with van der Waals surface area (Å²) in [4.78, 5) is 0. The summed E-state index contributed by atoms with van der Waals surface area (Å²) in [5.41, 5.74) is 1.12. The number of para-hydroxylation sites is 1. The summed E-state index contributed by atoms with van der Waals surface area (Å²) in [6.07, 6.45) is 0.321. The van der Waals surface area contributed by atoms with Crippen molar-refractivity contribution in [2.24, 2.45) is 0 Å². The summed E-state index contributed by atoms with van der Waals surface area (Å²) in [7, 11) is 1.92. The highest BCUT2D eigenvalue weighted by Gasteiger charge is 2.10. The molecule has 0 aliphatic carbocycles. The van der Waals surface area contributed by atoms with Crippen LogP contribution in [0.2, 0.25) is 0 Å². The molecule has 0 heterocycles. The van der Waals surface area contributed by atoms with Gasteiger partial charge >= 0.3 is 0 Å². The molecule has 2 atom stereocenters. The minimum Gasteiger partial charge on any atom is -0.491 e. The van der Waals surface area contributed by atoms with Crippen LogP contribution >= 0.6 is 0 Å². The number of nitrogens with one attached hydrogen (secondary N) is 1. The lowest BCUT2D eigenvalue weighted by Gasteiger charge is -2.17. The Kier molecular flexibility index (Phi) is 5.29. The first-order chi connectivity index (χ1) is 7.69. The molecule has 0 aliphatic heterocycles. The summed E-state index contributed by atoms with van der Waals surface area (Å²) in [5, 5.41) is 12.6. The molecule has 2 N–H and O–H groups in total. The second-order valence-corrected chi connectivity index (χ2v) is 3.92. The Morgan fingerprint density at radius 1 is 1.38 bits per heavy atom. The Labute approximate surface area is 97.4 Å². The molecule has 1 rings (SSSR count). The zero-order chi connectivity index (χ0) is 12.0. The molecule has 3 nitrogen and oxygen atoms in total. The highest BCUT2D eigenvalue weighted by atomic mass is 16.5. The van der Waals surface area contributed by atoms with E-state index in [1.807, 2.05) is 38.2 Å². The first-order valence-electron chi connectivity index (χ1n) is 5.76. The lowest BCUT2D eigenvalue weighted by atomic mass is 10.1. The van der Waals surface area contributed by atoms with E-state index in [0.29, 0.717) is 13.0 Å². The summed E-state index contributed by atoms with van der Waals surface area (Å²) in [6.45, 7) is 4.37. The van der Waals surface area contributed by atoms with Crippen molar-refractivity contribution in [2.75, 3.05) is 13.7 Å². The summed E-state index contributed by atoms with van der Waals surface area (Å²) < 4.78 is 5.62. The molecule has 0 saturated carbocycles. The standard InChI is InChI=1S/C13H21NO2/c1-4-11(15)9-16-13-8-6-5-7-12(13)10(2)14-3/h5-8,10-11,14-15H,4,9H2,1-3H3. The Bertz CT molecular complexity index is 315. The van der Waals surface area contributed by atoms with E-state index < -0.39 is 6.10 Å². The van der Waals surface area contributed by atoms with Gasteiger partial charge in [-0.2, -0.15) is 0 Å². The van der Waals surface area contributed by atoms with Crippen molar-refractivity contribution in [3.8, 4) is 5.75 Å². The number of benzene rings is 1. The van der Waals surface area contributed by atoms with Gasteiger partial charge in [0.1, 0.15) is 12.4 Å². The number of aliphatic hydroxyl groups is 1. The van der Waals surface area contributed by atoms with Crippen LogP contribution in [0, 0.1) is 0 Å². The van der Waals surface area contributed by atoms with E-state index in [0.717, 1.165) is 11.3 Å². The van der Waals surface area contributed by atoms with Crippen LogP contribution < -0.4 is 10.1 Å². The van der Waals surface area contributed by atoms with E-state index in [1.54, 1.807) is 0 Å². The van der Waals surface area contributed by atoms with Crippen molar-refractivity contribution in [1.29, 1.82) is 0 Å². The third-order valence-corrected chi connectivity index (χ3v) is 2.72. The van der Waals surface area contributed by atoms with E-state index in [1.165, 1.54) is 0 Å². The molecule has 0 amide bonds. The molecule has 0 spiro atoms. The molecule has 90 valence electrons.